The number of ether oxygens (including phenoxy) is 2. The Bertz CT molecular complexity index is 343. The van der Waals surface area contributed by atoms with E-state index in [0.717, 1.165) is 39.3 Å². The van der Waals surface area contributed by atoms with Gasteiger partial charge in [-0.1, -0.05) is 11.6 Å². The highest BCUT2D eigenvalue weighted by Gasteiger charge is 2.09. The Labute approximate surface area is 106 Å². The molecule has 1 saturated heterocycles. The molecular weight excluding hydrogens is 240 g/mol. The molecule has 94 valence electrons. The molecule has 17 heavy (non-hydrogen) atoms. The van der Waals surface area contributed by atoms with E-state index in [1.54, 1.807) is 18.3 Å². The second-order valence-corrected chi connectivity index (χ2v) is 4.35. The molecule has 1 aliphatic heterocycles. The van der Waals surface area contributed by atoms with Crippen LogP contribution in [0.2, 0.25) is 5.02 Å². The fraction of sp³-hybridized carbons (Fsp3) is 0.583. The molecule has 2 rings (SSSR count). The maximum atomic E-state index is 5.94. The van der Waals surface area contributed by atoms with Crippen LogP contribution in [0.5, 0.6) is 5.88 Å². The lowest BCUT2D eigenvalue weighted by atomic mass is 10.3. The predicted octanol–water partition coefficient (Wildman–Crippen LogP) is 1.84. The minimum atomic E-state index is 0.524. The van der Waals surface area contributed by atoms with Crippen molar-refractivity contribution in [2.45, 2.75) is 6.42 Å². The van der Waals surface area contributed by atoms with Crippen LogP contribution in [0.25, 0.3) is 0 Å². The minimum absolute atomic E-state index is 0.524. The van der Waals surface area contributed by atoms with Gasteiger partial charge in [-0.15, -0.1) is 0 Å². The van der Waals surface area contributed by atoms with Crippen molar-refractivity contribution in [2.24, 2.45) is 0 Å². The summed E-state index contributed by atoms with van der Waals surface area (Å²) < 4.78 is 10.8. The van der Waals surface area contributed by atoms with E-state index in [1.165, 1.54) is 0 Å². The standard InChI is InChI=1S/C12H17ClN2O2/c13-11-3-1-4-14-12(11)17-8-2-5-15-6-9-16-10-7-15/h1,3-4H,2,5-10H2. The minimum Gasteiger partial charge on any atom is -0.477 e. The summed E-state index contributed by atoms with van der Waals surface area (Å²) in [5.74, 6) is 0.524. The molecule has 0 aromatic carbocycles. The fourth-order valence-electron chi connectivity index (χ4n) is 1.76. The van der Waals surface area contributed by atoms with Crippen LogP contribution in [0, 0.1) is 0 Å². The lowest BCUT2D eigenvalue weighted by Crippen LogP contribution is -2.37. The highest BCUT2D eigenvalue weighted by atomic mass is 35.5. The molecule has 1 fully saturated rings. The molecule has 4 nitrogen and oxygen atoms in total. The molecule has 1 aromatic rings. The molecule has 0 spiro atoms. The molecule has 1 aliphatic rings. The Balaban J connectivity index is 1.64. The average Bonchev–Trinajstić information content (AvgIpc) is 2.38. The maximum Gasteiger partial charge on any atom is 0.232 e. The van der Waals surface area contributed by atoms with Crippen molar-refractivity contribution in [3.8, 4) is 5.88 Å². The van der Waals surface area contributed by atoms with Crippen molar-refractivity contribution < 1.29 is 9.47 Å². The van der Waals surface area contributed by atoms with E-state index >= 15 is 0 Å². The number of aromatic nitrogens is 1. The predicted molar refractivity (Wildman–Crippen MR) is 66.6 cm³/mol. The lowest BCUT2D eigenvalue weighted by Gasteiger charge is -2.26. The topological polar surface area (TPSA) is 34.6 Å². The maximum absolute atomic E-state index is 5.94. The number of halogens is 1. The number of morpholine rings is 1. The smallest absolute Gasteiger partial charge is 0.232 e. The monoisotopic (exact) mass is 256 g/mol. The van der Waals surface area contributed by atoms with Crippen molar-refractivity contribution in [2.75, 3.05) is 39.5 Å². The number of rotatable bonds is 5. The largest absolute Gasteiger partial charge is 0.477 e. The van der Waals surface area contributed by atoms with Crippen LogP contribution in [-0.2, 0) is 4.74 Å². The number of hydrogen-bond acceptors (Lipinski definition) is 4. The molecule has 0 bridgehead atoms. The second-order valence-electron chi connectivity index (χ2n) is 3.95. The summed E-state index contributed by atoms with van der Waals surface area (Å²) in [6.07, 6.45) is 2.66. The zero-order chi connectivity index (χ0) is 11.9. The third-order valence-corrected chi connectivity index (χ3v) is 2.97. The summed E-state index contributed by atoms with van der Waals surface area (Å²) in [6.45, 7) is 5.40. The van der Waals surface area contributed by atoms with Crippen LogP contribution in [0.3, 0.4) is 0 Å². The highest BCUT2D eigenvalue weighted by Crippen LogP contribution is 2.19. The molecule has 0 N–H and O–H groups in total. The van der Waals surface area contributed by atoms with E-state index in [0.29, 0.717) is 17.5 Å². The Morgan fingerprint density at radius 2 is 2.24 bits per heavy atom. The summed E-state index contributed by atoms with van der Waals surface area (Å²) in [5, 5.41) is 0.568. The van der Waals surface area contributed by atoms with Gasteiger partial charge in [-0.25, -0.2) is 4.98 Å². The van der Waals surface area contributed by atoms with Crippen LogP contribution in [-0.4, -0.2) is 49.3 Å². The van der Waals surface area contributed by atoms with Gasteiger partial charge in [0.25, 0.3) is 0 Å². The molecule has 0 aliphatic carbocycles. The van der Waals surface area contributed by atoms with Crippen LogP contribution in [0.1, 0.15) is 6.42 Å². The van der Waals surface area contributed by atoms with Crippen LogP contribution >= 0.6 is 11.6 Å². The molecule has 0 unspecified atom stereocenters. The highest BCUT2D eigenvalue weighted by molar-refractivity contribution is 6.31. The van der Waals surface area contributed by atoms with Gasteiger partial charge < -0.3 is 9.47 Å². The summed E-state index contributed by atoms with van der Waals surface area (Å²) in [4.78, 5) is 6.46. The van der Waals surface area contributed by atoms with Gasteiger partial charge in [0, 0.05) is 25.8 Å². The van der Waals surface area contributed by atoms with Crippen molar-refractivity contribution in [3.05, 3.63) is 23.4 Å². The first-order valence-electron chi connectivity index (χ1n) is 5.89. The van der Waals surface area contributed by atoms with E-state index in [4.69, 9.17) is 21.1 Å². The van der Waals surface area contributed by atoms with Gasteiger partial charge in [0.05, 0.1) is 19.8 Å². The molecule has 1 aromatic heterocycles. The third kappa shape index (κ3) is 4.15. The molecule has 0 saturated carbocycles. The molecule has 0 radical (unpaired) electrons. The Kier molecular flexibility index (Phi) is 5.04. The molecular formula is C12H17ClN2O2. The van der Waals surface area contributed by atoms with E-state index in [-0.39, 0.29) is 0 Å². The van der Waals surface area contributed by atoms with Crippen molar-refractivity contribution in [3.63, 3.8) is 0 Å². The van der Waals surface area contributed by atoms with Gasteiger partial charge in [-0.05, 0) is 18.6 Å². The van der Waals surface area contributed by atoms with E-state index in [9.17, 15) is 0 Å². The lowest BCUT2D eigenvalue weighted by molar-refractivity contribution is 0.0357. The van der Waals surface area contributed by atoms with Gasteiger partial charge in [-0.2, -0.15) is 0 Å². The first-order chi connectivity index (χ1) is 8.36. The number of pyridine rings is 1. The molecule has 0 atom stereocenters. The van der Waals surface area contributed by atoms with Crippen LogP contribution in [0.4, 0.5) is 0 Å². The quantitative estimate of drug-likeness (QED) is 0.753. The van der Waals surface area contributed by atoms with E-state index < -0.39 is 0 Å². The van der Waals surface area contributed by atoms with E-state index in [1.807, 2.05) is 0 Å². The summed E-state index contributed by atoms with van der Waals surface area (Å²) >= 11 is 5.94. The Morgan fingerprint density at radius 3 is 3.00 bits per heavy atom. The summed E-state index contributed by atoms with van der Waals surface area (Å²) in [7, 11) is 0. The Hall–Kier alpha value is -0.840. The summed E-state index contributed by atoms with van der Waals surface area (Å²) in [6, 6.07) is 3.58. The zero-order valence-corrected chi connectivity index (χ0v) is 10.5. The average molecular weight is 257 g/mol. The van der Waals surface area contributed by atoms with Gasteiger partial charge >= 0.3 is 0 Å². The van der Waals surface area contributed by atoms with Crippen molar-refractivity contribution in [1.82, 2.24) is 9.88 Å². The fourth-order valence-corrected chi connectivity index (χ4v) is 1.94. The molecule has 0 amide bonds. The first kappa shape index (κ1) is 12.6. The third-order valence-electron chi connectivity index (χ3n) is 2.69. The SMILES string of the molecule is Clc1cccnc1OCCCN1CCOCC1. The Morgan fingerprint density at radius 1 is 1.41 bits per heavy atom. The first-order valence-corrected chi connectivity index (χ1v) is 6.27. The molecule has 5 heteroatoms. The number of nitrogens with zero attached hydrogens (tertiary/aromatic N) is 2. The van der Waals surface area contributed by atoms with Crippen LogP contribution < -0.4 is 4.74 Å². The zero-order valence-electron chi connectivity index (χ0n) is 9.77. The number of hydrogen-bond donors (Lipinski definition) is 0. The second kappa shape index (κ2) is 6.79. The van der Waals surface area contributed by atoms with Crippen LogP contribution in [0.15, 0.2) is 18.3 Å². The normalized spacial score (nSPS) is 17.0. The molecule has 2 heterocycles. The van der Waals surface area contributed by atoms with E-state index in [2.05, 4.69) is 9.88 Å². The van der Waals surface area contributed by atoms with Gasteiger partial charge in [0.2, 0.25) is 5.88 Å². The van der Waals surface area contributed by atoms with Gasteiger partial charge in [0.1, 0.15) is 5.02 Å². The summed E-state index contributed by atoms with van der Waals surface area (Å²) in [5.41, 5.74) is 0. The van der Waals surface area contributed by atoms with Crippen molar-refractivity contribution in [1.29, 1.82) is 0 Å². The van der Waals surface area contributed by atoms with Crippen molar-refractivity contribution >= 4 is 11.6 Å². The van der Waals surface area contributed by atoms with Gasteiger partial charge in [-0.3, -0.25) is 4.90 Å². The van der Waals surface area contributed by atoms with Gasteiger partial charge in [0.15, 0.2) is 0 Å².